The van der Waals surface area contributed by atoms with E-state index < -0.39 is 5.97 Å². The Kier molecular flexibility index (Phi) is 3.30. The molecule has 0 bridgehead atoms. The molecule has 1 aromatic carbocycles. The van der Waals surface area contributed by atoms with E-state index in [9.17, 15) is 9.59 Å². The zero-order valence-corrected chi connectivity index (χ0v) is 11.2. The van der Waals surface area contributed by atoms with E-state index in [1.807, 2.05) is 24.3 Å². The molecule has 4 heteroatoms. The second-order valence-electron chi connectivity index (χ2n) is 5.47. The van der Waals surface area contributed by atoms with E-state index in [1.165, 1.54) is 0 Å². The Bertz CT molecular complexity index is 671. The van der Waals surface area contributed by atoms with Crippen LogP contribution in [0.1, 0.15) is 42.9 Å². The number of carbonyl (C=O) groups excluding carboxylic acids is 1. The van der Waals surface area contributed by atoms with Gasteiger partial charge in [-0.3, -0.25) is 9.59 Å². The fourth-order valence-corrected chi connectivity index (χ4v) is 3.18. The van der Waals surface area contributed by atoms with Gasteiger partial charge in [-0.15, -0.1) is 0 Å². The molecular formula is C16H17NO3. The Hall–Kier alpha value is -2.10. The zero-order valence-electron chi connectivity index (χ0n) is 11.2. The van der Waals surface area contributed by atoms with Gasteiger partial charge in [-0.2, -0.15) is 0 Å². The minimum Gasteiger partial charge on any atom is -0.481 e. The fourth-order valence-electron chi connectivity index (χ4n) is 3.18. The van der Waals surface area contributed by atoms with Gasteiger partial charge < -0.3 is 10.1 Å². The van der Waals surface area contributed by atoms with Crippen molar-refractivity contribution in [2.75, 3.05) is 0 Å². The Balaban J connectivity index is 2.08. The molecular weight excluding hydrogens is 254 g/mol. The molecule has 104 valence electrons. The van der Waals surface area contributed by atoms with Crippen molar-refractivity contribution in [2.24, 2.45) is 0 Å². The number of aromatic amines is 1. The largest absolute Gasteiger partial charge is 0.481 e. The van der Waals surface area contributed by atoms with E-state index in [0.717, 1.165) is 35.0 Å². The van der Waals surface area contributed by atoms with Crippen molar-refractivity contribution in [1.29, 1.82) is 0 Å². The summed E-state index contributed by atoms with van der Waals surface area (Å²) >= 11 is 0. The third-order valence-electron chi connectivity index (χ3n) is 4.07. The lowest BCUT2D eigenvalue weighted by Gasteiger charge is -2.21. The molecule has 0 aliphatic heterocycles. The Labute approximate surface area is 116 Å². The van der Waals surface area contributed by atoms with Gasteiger partial charge >= 0.3 is 5.97 Å². The molecule has 1 unspecified atom stereocenters. The van der Waals surface area contributed by atoms with Crippen LogP contribution in [0.15, 0.2) is 24.3 Å². The Morgan fingerprint density at radius 1 is 1.35 bits per heavy atom. The number of carbonyl (C=O) groups is 2. The van der Waals surface area contributed by atoms with Crippen molar-refractivity contribution in [3.63, 3.8) is 0 Å². The first-order valence-electron chi connectivity index (χ1n) is 6.98. The highest BCUT2D eigenvalue weighted by molar-refractivity contribution is 5.89. The molecule has 0 spiro atoms. The lowest BCUT2D eigenvalue weighted by molar-refractivity contribution is -0.136. The third kappa shape index (κ3) is 2.33. The predicted molar refractivity (Wildman–Crippen MR) is 75.9 cm³/mol. The lowest BCUT2D eigenvalue weighted by atomic mass is 9.84. The zero-order chi connectivity index (χ0) is 14.1. The summed E-state index contributed by atoms with van der Waals surface area (Å²) < 4.78 is 0. The average Bonchev–Trinajstić information content (AvgIpc) is 2.77. The maximum atomic E-state index is 11.7. The lowest BCUT2D eigenvalue weighted by Crippen LogP contribution is -2.15. The van der Waals surface area contributed by atoms with Gasteiger partial charge in [0.25, 0.3) is 0 Å². The maximum absolute atomic E-state index is 11.7. The average molecular weight is 271 g/mol. The molecule has 1 aliphatic carbocycles. The number of Topliss-reactive ketones (excluding diaryl/α,β-unsaturated/α-hetero) is 1. The number of carboxylic acid groups (broad SMARTS) is 1. The molecule has 0 radical (unpaired) electrons. The highest BCUT2D eigenvalue weighted by Crippen LogP contribution is 2.35. The van der Waals surface area contributed by atoms with E-state index in [-0.39, 0.29) is 18.1 Å². The topological polar surface area (TPSA) is 70.2 Å². The van der Waals surface area contributed by atoms with Gasteiger partial charge in [-0.1, -0.05) is 18.2 Å². The van der Waals surface area contributed by atoms with Crippen LogP contribution >= 0.6 is 0 Å². The standard InChI is InChI=1S/C16H17NO3/c18-11-5-3-4-10(8-11)16-13(9-15(19)20)12-6-1-2-7-14(12)17-16/h1-2,6-7,10,17H,3-5,8-9H2,(H,19,20). The second kappa shape index (κ2) is 5.12. The summed E-state index contributed by atoms with van der Waals surface area (Å²) in [6.45, 7) is 0. The molecule has 1 aromatic heterocycles. The SMILES string of the molecule is O=C(O)Cc1c(C2CCCC(=O)C2)[nH]c2ccccc12. The van der Waals surface area contributed by atoms with Crippen molar-refractivity contribution in [3.8, 4) is 0 Å². The highest BCUT2D eigenvalue weighted by Gasteiger charge is 2.26. The minimum absolute atomic E-state index is 0.00401. The predicted octanol–water partition coefficient (Wildman–Crippen LogP) is 3.02. The molecule has 1 heterocycles. The molecule has 0 saturated heterocycles. The smallest absolute Gasteiger partial charge is 0.307 e. The number of para-hydroxylation sites is 1. The van der Waals surface area contributed by atoms with Crippen LogP contribution in [0.3, 0.4) is 0 Å². The second-order valence-corrected chi connectivity index (χ2v) is 5.47. The van der Waals surface area contributed by atoms with Gasteiger partial charge in [0.1, 0.15) is 5.78 Å². The Morgan fingerprint density at radius 2 is 2.15 bits per heavy atom. The van der Waals surface area contributed by atoms with Crippen LogP contribution in [0.4, 0.5) is 0 Å². The summed E-state index contributed by atoms with van der Waals surface area (Å²) in [5.41, 5.74) is 2.74. The first kappa shape index (κ1) is 12.9. The van der Waals surface area contributed by atoms with E-state index in [0.29, 0.717) is 12.8 Å². The normalized spacial score (nSPS) is 19.4. The first-order chi connectivity index (χ1) is 9.65. The van der Waals surface area contributed by atoms with Crippen LogP contribution in [-0.4, -0.2) is 21.8 Å². The fraction of sp³-hybridized carbons (Fsp3) is 0.375. The molecule has 20 heavy (non-hydrogen) atoms. The van der Waals surface area contributed by atoms with Crippen LogP contribution < -0.4 is 0 Å². The summed E-state index contributed by atoms with van der Waals surface area (Å²) in [5.74, 6) is -0.419. The van der Waals surface area contributed by atoms with E-state index in [4.69, 9.17) is 5.11 Å². The first-order valence-corrected chi connectivity index (χ1v) is 6.98. The number of hydrogen-bond donors (Lipinski definition) is 2. The molecule has 1 saturated carbocycles. The van der Waals surface area contributed by atoms with Gasteiger partial charge in [0.05, 0.1) is 6.42 Å². The number of rotatable bonds is 3. The van der Waals surface area contributed by atoms with Gasteiger partial charge in [0.2, 0.25) is 0 Å². The molecule has 2 N–H and O–H groups in total. The maximum Gasteiger partial charge on any atom is 0.307 e. The number of aliphatic carboxylic acids is 1. The van der Waals surface area contributed by atoms with E-state index in [1.54, 1.807) is 0 Å². The number of fused-ring (bicyclic) bond motifs is 1. The van der Waals surface area contributed by atoms with Gasteiger partial charge in [-0.25, -0.2) is 0 Å². The quantitative estimate of drug-likeness (QED) is 0.901. The minimum atomic E-state index is -0.835. The molecule has 1 atom stereocenters. The van der Waals surface area contributed by atoms with Gasteiger partial charge in [0, 0.05) is 35.4 Å². The summed E-state index contributed by atoms with van der Waals surface area (Å²) in [6, 6.07) is 7.74. The van der Waals surface area contributed by atoms with Gasteiger partial charge in [-0.05, 0) is 24.5 Å². The molecule has 2 aromatic rings. The van der Waals surface area contributed by atoms with E-state index in [2.05, 4.69) is 4.98 Å². The number of ketones is 1. The van der Waals surface area contributed by atoms with Crippen LogP contribution in [0.25, 0.3) is 10.9 Å². The number of carboxylic acids is 1. The van der Waals surface area contributed by atoms with Crippen molar-refractivity contribution < 1.29 is 14.7 Å². The highest BCUT2D eigenvalue weighted by atomic mass is 16.4. The monoisotopic (exact) mass is 271 g/mol. The summed E-state index contributed by atoms with van der Waals surface area (Å²) in [7, 11) is 0. The Morgan fingerprint density at radius 3 is 2.90 bits per heavy atom. The summed E-state index contributed by atoms with van der Waals surface area (Å²) in [6.07, 6.45) is 3.03. The third-order valence-corrected chi connectivity index (χ3v) is 4.07. The number of benzene rings is 1. The molecule has 1 fully saturated rings. The molecule has 3 rings (SSSR count). The van der Waals surface area contributed by atoms with Crippen molar-refractivity contribution >= 4 is 22.7 Å². The number of hydrogen-bond acceptors (Lipinski definition) is 2. The van der Waals surface area contributed by atoms with Gasteiger partial charge in [0.15, 0.2) is 0 Å². The number of nitrogens with one attached hydrogen (secondary N) is 1. The van der Waals surface area contributed by atoms with Crippen LogP contribution in [0.2, 0.25) is 0 Å². The van der Waals surface area contributed by atoms with Crippen molar-refractivity contribution in [1.82, 2.24) is 4.98 Å². The van der Waals surface area contributed by atoms with Crippen LogP contribution in [0, 0.1) is 0 Å². The van der Waals surface area contributed by atoms with Crippen LogP contribution in [0.5, 0.6) is 0 Å². The summed E-state index contributed by atoms with van der Waals surface area (Å²) in [4.78, 5) is 26.1. The molecule has 4 nitrogen and oxygen atoms in total. The molecule has 1 aliphatic rings. The van der Waals surface area contributed by atoms with Crippen molar-refractivity contribution in [3.05, 3.63) is 35.5 Å². The summed E-state index contributed by atoms with van der Waals surface area (Å²) in [5, 5.41) is 10.1. The number of H-pyrrole nitrogens is 1. The van der Waals surface area contributed by atoms with Crippen molar-refractivity contribution in [2.45, 2.75) is 38.0 Å². The molecule has 0 amide bonds. The number of aromatic nitrogens is 1. The van der Waals surface area contributed by atoms with E-state index >= 15 is 0 Å². The van der Waals surface area contributed by atoms with Crippen LogP contribution in [-0.2, 0) is 16.0 Å².